The van der Waals surface area contributed by atoms with Crippen LogP contribution in [0.25, 0.3) is 0 Å². The van der Waals surface area contributed by atoms with Crippen LogP contribution in [0, 0.1) is 0 Å². The molecule has 6 N–H and O–H groups in total. The van der Waals surface area contributed by atoms with Crippen molar-refractivity contribution in [3.63, 3.8) is 0 Å². The number of carbonyl (C=O) groups is 2. The van der Waals surface area contributed by atoms with Gasteiger partial charge in [0.15, 0.2) is 0 Å². The first-order valence-corrected chi connectivity index (χ1v) is 5.69. The zero-order valence-electron chi connectivity index (χ0n) is 10.0. The number of primary amides is 2. The average Bonchev–Trinajstić information content (AvgIpc) is 2.91. The van der Waals surface area contributed by atoms with Crippen LogP contribution in [0.4, 0.5) is 0 Å². The van der Waals surface area contributed by atoms with Gasteiger partial charge in [-0.3, -0.25) is 9.59 Å². The van der Waals surface area contributed by atoms with Crippen LogP contribution in [0.2, 0.25) is 0 Å². The summed E-state index contributed by atoms with van der Waals surface area (Å²) in [5, 5.41) is 18.6. The largest absolute Gasteiger partial charge is 0.394 e. The second-order valence-corrected chi connectivity index (χ2v) is 4.38. The lowest BCUT2D eigenvalue weighted by atomic mass is 10.2. The van der Waals surface area contributed by atoms with E-state index in [1.807, 2.05) is 0 Å². The Balaban J connectivity index is 2.29. The molecule has 19 heavy (non-hydrogen) atoms. The highest BCUT2D eigenvalue weighted by atomic mass is 16.5. The van der Waals surface area contributed by atoms with Gasteiger partial charge < -0.3 is 31.0 Å². The van der Waals surface area contributed by atoms with Crippen LogP contribution in [0.1, 0.15) is 33.4 Å². The van der Waals surface area contributed by atoms with Crippen molar-refractivity contribution in [1.29, 1.82) is 0 Å². The molecule has 0 spiro atoms. The average molecular weight is 269 g/mol. The van der Waals surface area contributed by atoms with Gasteiger partial charge in [-0.2, -0.15) is 0 Å². The van der Waals surface area contributed by atoms with Gasteiger partial charge in [-0.05, 0) is 0 Å². The number of hydrogen-bond donors (Lipinski definition) is 4. The van der Waals surface area contributed by atoms with E-state index < -0.39 is 30.3 Å². The lowest BCUT2D eigenvalue weighted by molar-refractivity contribution is -0.0442. The molecule has 1 aromatic heterocycles. The molecule has 2 heterocycles. The van der Waals surface area contributed by atoms with Gasteiger partial charge in [0.1, 0.15) is 12.3 Å². The van der Waals surface area contributed by atoms with Crippen LogP contribution >= 0.6 is 0 Å². The highest BCUT2D eigenvalue weighted by Gasteiger charge is 2.35. The lowest BCUT2D eigenvalue weighted by Crippen LogP contribution is -2.24. The molecule has 0 saturated carbocycles. The molecule has 3 atom stereocenters. The summed E-state index contributed by atoms with van der Waals surface area (Å²) in [4.78, 5) is 22.4. The molecule has 0 bridgehead atoms. The molecule has 2 rings (SSSR count). The minimum absolute atomic E-state index is 0.00182. The van der Waals surface area contributed by atoms with Gasteiger partial charge in [0.25, 0.3) is 11.8 Å². The standard InChI is InChI=1S/C11H15N3O5/c12-10(17)5-2-14(3-6(5)11(13)18)9-1-7(16)8(4-15)19-9/h2-3,7-9,15-16H,1,4H2,(H2,12,17)(H2,13,18). The zero-order valence-corrected chi connectivity index (χ0v) is 10.0. The molecule has 1 aliphatic rings. The summed E-state index contributed by atoms with van der Waals surface area (Å²) in [6.45, 7) is -0.315. The molecule has 1 aromatic rings. The van der Waals surface area contributed by atoms with E-state index in [2.05, 4.69) is 0 Å². The van der Waals surface area contributed by atoms with Crippen molar-refractivity contribution in [2.45, 2.75) is 24.9 Å². The van der Waals surface area contributed by atoms with Crippen LogP contribution in [0.15, 0.2) is 12.4 Å². The summed E-state index contributed by atoms with van der Waals surface area (Å²) in [7, 11) is 0. The van der Waals surface area contributed by atoms with Crippen LogP contribution in [0.3, 0.4) is 0 Å². The van der Waals surface area contributed by atoms with Crippen molar-refractivity contribution >= 4 is 11.8 Å². The summed E-state index contributed by atoms with van der Waals surface area (Å²) >= 11 is 0. The number of carbonyl (C=O) groups excluding carboxylic acids is 2. The molecule has 2 amide bonds. The molecule has 3 unspecified atom stereocenters. The maximum Gasteiger partial charge on any atom is 0.251 e. The Morgan fingerprint density at radius 1 is 1.32 bits per heavy atom. The molecule has 1 aliphatic heterocycles. The predicted octanol–water partition coefficient (Wildman–Crippen LogP) is -1.67. The highest BCUT2D eigenvalue weighted by Crippen LogP contribution is 2.29. The number of aliphatic hydroxyl groups is 2. The van der Waals surface area contributed by atoms with Gasteiger partial charge in [-0.25, -0.2) is 0 Å². The molecule has 1 saturated heterocycles. The molecular formula is C11H15N3O5. The van der Waals surface area contributed by atoms with Gasteiger partial charge in [-0.1, -0.05) is 0 Å². The zero-order chi connectivity index (χ0) is 14.2. The maximum atomic E-state index is 11.2. The fraction of sp³-hybridized carbons (Fsp3) is 0.455. The van der Waals surface area contributed by atoms with Crippen molar-refractivity contribution in [1.82, 2.24) is 4.57 Å². The fourth-order valence-corrected chi connectivity index (χ4v) is 2.10. The van der Waals surface area contributed by atoms with E-state index in [0.29, 0.717) is 0 Å². The molecular weight excluding hydrogens is 254 g/mol. The maximum absolute atomic E-state index is 11.2. The van der Waals surface area contributed by atoms with E-state index in [1.165, 1.54) is 17.0 Å². The molecule has 1 fully saturated rings. The van der Waals surface area contributed by atoms with E-state index in [9.17, 15) is 14.7 Å². The first kappa shape index (κ1) is 13.5. The van der Waals surface area contributed by atoms with Gasteiger partial charge in [0.05, 0.1) is 23.8 Å². The number of aromatic nitrogens is 1. The number of nitrogens with zero attached hydrogens (tertiary/aromatic N) is 1. The Hall–Kier alpha value is -1.90. The van der Waals surface area contributed by atoms with Crippen LogP contribution in [-0.4, -0.2) is 45.4 Å². The first-order valence-electron chi connectivity index (χ1n) is 5.69. The summed E-state index contributed by atoms with van der Waals surface area (Å²) in [6, 6.07) is 0. The Bertz CT molecular complexity index is 481. The van der Waals surface area contributed by atoms with E-state index in [0.717, 1.165) is 0 Å². The predicted molar refractivity (Wildman–Crippen MR) is 63.1 cm³/mol. The normalized spacial score (nSPS) is 26.5. The molecule has 0 radical (unpaired) electrons. The third-order valence-electron chi connectivity index (χ3n) is 3.09. The van der Waals surface area contributed by atoms with Gasteiger partial charge in [0, 0.05) is 18.8 Å². The van der Waals surface area contributed by atoms with Crippen LogP contribution in [0.5, 0.6) is 0 Å². The number of nitrogens with two attached hydrogens (primary N) is 2. The number of amides is 2. The second kappa shape index (κ2) is 5.00. The monoisotopic (exact) mass is 269 g/mol. The minimum atomic E-state index is -0.813. The van der Waals surface area contributed by atoms with E-state index in [1.54, 1.807) is 0 Å². The van der Waals surface area contributed by atoms with Crippen molar-refractivity contribution in [3.05, 3.63) is 23.5 Å². The molecule has 8 nitrogen and oxygen atoms in total. The third kappa shape index (κ3) is 2.46. The van der Waals surface area contributed by atoms with Crippen molar-refractivity contribution in [3.8, 4) is 0 Å². The Labute approximate surface area is 108 Å². The second-order valence-electron chi connectivity index (χ2n) is 4.38. The minimum Gasteiger partial charge on any atom is -0.394 e. The van der Waals surface area contributed by atoms with Gasteiger partial charge in [0.2, 0.25) is 0 Å². The first-order chi connectivity index (χ1) is 8.93. The SMILES string of the molecule is NC(=O)c1cn(C2CC(O)C(CO)O2)cc1C(N)=O. The van der Waals surface area contributed by atoms with Crippen molar-refractivity contribution < 1.29 is 24.5 Å². The highest BCUT2D eigenvalue weighted by molar-refractivity contribution is 6.06. The molecule has 0 aromatic carbocycles. The smallest absolute Gasteiger partial charge is 0.251 e. The third-order valence-corrected chi connectivity index (χ3v) is 3.09. The number of rotatable bonds is 4. The Morgan fingerprint density at radius 2 is 1.84 bits per heavy atom. The van der Waals surface area contributed by atoms with E-state index >= 15 is 0 Å². The van der Waals surface area contributed by atoms with Crippen LogP contribution in [-0.2, 0) is 4.74 Å². The topological polar surface area (TPSA) is 141 Å². The van der Waals surface area contributed by atoms with Crippen molar-refractivity contribution in [2.24, 2.45) is 11.5 Å². The molecule has 104 valence electrons. The summed E-state index contributed by atoms with van der Waals surface area (Å²) in [6.07, 6.45) is 0.835. The van der Waals surface area contributed by atoms with Gasteiger partial charge >= 0.3 is 0 Å². The number of hydrogen-bond acceptors (Lipinski definition) is 5. The molecule has 0 aliphatic carbocycles. The van der Waals surface area contributed by atoms with Crippen molar-refractivity contribution in [2.75, 3.05) is 6.61 Å². The summed E-state index contributed by atoms with van der Waals surface area (Å²) < 4.78 is 6.84. The quantitative estimate of drug-likeness (QED) is 0.517. The van der Waals surface area contributed by atoms with E-state index in [-0.39, 0.29) is 24.2 Å². The Kier molecular flexibility index (Phi) is 3.56. The summed E-state index contributed by atoms with van der Waals surface area (Å²) in [5.41, 5.74) is 10.3. The molecule has 8 heteroatoms. The Morgan fingerprint density at radius 3 is 2.21 bits per heavy atom. The van der Waals surface area contributed by atoms with Crippen LogP contribution < -0.4 is 11.5 Å². The lowest BCUT2D eigenvalue weighted by Gasteiger charge is -2.13. The fourth-order valence-electron chi connectivity index (χ4n) is 2.10. The summed E-state index contributed by atoms with van der Waals surface area (Å²) in [5.74, 6) is -1.55. The van der Waals surface area contributed by atoms with Gasteiger partial charge in [-0.15, -0.1) is 0 Å². The number of aliphatic hydroxyl groups excluding tert-OH is 2. The van der Waals surface area contributed by atoms with E-state index in [4.69, 9.17) is 21.3 Å². The number of ether oxygens (including phenoxy) is 1.